The zero-order valence-corrected chi connectivity index (χ0v) is 27.7. The highest BCUT2D eigenvalue weighted by atomic mass is 16.3. The minimum atomic E-state index is 0.917. The van der Waals surface area contributed by atoms with Gasteiger partial charge in [0.25, 0.3) is 0 Å². The molecule has 0 fully saturated rings. The normalized spacial score (nSPS) is 11.9. The molecule has 0 radical (unpaired) electrons. The number of furan rings is 1. The minimum Gasteiger partial charge on any atom is -0.456 e. The molecule has 1 nitrogen and oxygen atoms in total. The van der Waals surface area contributed by atoms with E-state index in [1.165, 1.54) is 98.0 Å². The highest BCUT2D eigenvalue weighted by molar-refractivity contribution is 6.28. The fourth-order valence-electron chi connectivity index (χ4n) is 8.63. The molecule has 11 rings (SSSR count). The van der Waals surface area contributed by atoms with Gasteiger partial charge in [0, 0.05) is 10.8 Å². The van der Waals surface area contributed by atoms with Gasteiger partial charge in [-0.1, -0.05) is 170 Å². The van der Waals surface area contributed by atoms with Crippen molar-refractivity contribution in [3.05, 3.63) is 182 Å². The lowest BCUT2D eigenvalue weighted by molar-refractivity contribution is 0.669. The molecule has 0 atom stereocenters. The van der Waals surface area contributed by atoms with Crippen LogP contribution in [0.4, 0.5) is 0 Å². The molecular weight excluding hydrogens is 617 g/mol. The Morgan fingerprint density at radius 1 is 0.275 bits per heavy atom. The average molecular weight is 647 g/mol. The minimum absolute atomic E-state index is 0.917. The van der Waals surface area contributed by atoms with Crippen molar-refractivity contribution in [2.75, 3.05) is 0 Å². The van der Waals surface area contributed by atoms with Gasteiger partial charge in [0.15, 0.2) is 0 Å². The van der Waals surface area contributed by atoms with Crippen LogP contribution in [0.5, 0.6) is 0 Å². The fourth-order valence-corrected chi connectivity index (χ4v) is 8.63. The third kappa shape index (κ3) is 4.16. The van der Waals surface area contributed by atoms with E-state index in [0.717, 1.165) is 11.2 Å². The summed E-state index contributed by atoms with van der Waals surface area (Å²) in [5.41, 5.74) is 9.21. The Hall–Kier alpha value is -6.70. The first-order valence-electron chi connectivity index (χ1n) is 17.6. The predicted molar refractivity (Wildman–Crippen MR) is 218 cm³/mol. The van der Waals surface area contributed by atoms with Gasteiger partial charge in [-0.2, -0.15) is 0 Å². The number of benzene rings is 10. The van der Waals surface area contributed by atoms with Gasteiger partial charge < -0.3 is 4.42 Å². The summed E-state index contributed by atoms with van der Waals surface area (Å²) in [6.45, 7) is 0. The van der Waals surface area contributed by atoms with E-state index in [0.29, 0.717) is 0 Å². The van der Waals surface area contributed by atoms with E-state index >= 15 is 0 Å². The van der Waals surface area contributed by atoms with E-state index in [2.05, 4.69) is 182 Å². The molecule has 0 aliphatic rings. The summed E-state index contributed by atoms with van der Waals surface area (Å²) in [6, 6.07) is 66.2. The number of fused-ring (bicyclic) bond motifs is 10. The van der Waals surface area contributed by atoms with Crippen molar-refractivity contribution in [2.24, 2.45) is 0 Å². The Bertz CT molecular complexity index is 3120. The number of rotatable bonds is 3. The first-order chi connectivity index (χ1) is 25.3. The fraction of sp³-hybridized carbons (Fsp3) is 0. The van der Waals surface area contributed by atoms with Crippen LogP contribution in [0.15, 0.2) is 186 Å². The number of hydrogen-bond donors (Lipinski definition) is 0. The Labute approximate surface area is 294 Å². The molecule has 0 spiro atoms. The van der Waals surface area contributed by atoms with Gasteiger partial charge >= 0.3 is 0 Å². The van der Waals surface area contributed by atoms with Gasteiger partial charge in [-0.05, 0) is 99.4 Å². The van der Waals surface area contributed by atoms with E-state index < -0.39 is 0 Å². The summed E-state index contributed by atoms with van der Waals surface area (Å²) in [5.74, 6) is 0. The third-order valence-electron chi connectivity index (χ3n) is 10.8. The van der Waals surface area contributed by atoms with Crippen LogP contribution in [0.3, 0.4) is 0 Å². The zero-order valence-electron chi connectivity index (χ0n) is 27.7. The van der Waals surface area contributed by atoms with Gasteiger partial charge in [-0.25, -0.2) is 0 Å². The summed E-state index contributed by atoms with van der Waals surface area (Å²) >= 11 is 0. The van der Waals surface area contributed by atoms with Gasteiger partial charge in [0.05, 0.1) is 0 Å². The molecule has 1 heterocycles. The smallest absolute Gasteiger partial charge is 0.136 e. The highest BCUT2D eigenvalue weighted by Crippen LogP contribution is 2.46. The standard InChI is InChI=1S/C50H30O/c1-3-15-35-31(12-1)14-11-23-38(35)48-42-21-9-7-19-40(42)47(41-20-8-10-22-43(41)48)34-26-24-33(25-27-34)44-30-46-50(39-18-6-5-17-37(39)44)49-36-16-4-2-13-32(36)28-29-45(49)51-46/h1-30H. The van der Waals surface area contributed by atoms with E-state index in [1.807, 2.05) is 0 Å². The second kappa shape index (κ2) is 10.9. The molecular formula is C50H30O. The van der Waals surface area contributed by atoms with Crippen molar-refractivity contribution in [3.63, 3.8) is 0 Å². The molecule has 0 amide bonds. The molecule has 51 heavy (non-hydrogen) atoms. The summed E-state index contributed by atoms with van der Waals surface area (Å²) in [5, 5.41) is 14.8. The third-order valence-corrected chi connectivity index (χ3v) is 10.8. The van der Waals surface area contributed by atoms with E-state index in [-0.39, 0.29) is 0 Å². The largest absolute Gasteiger partial charge is 0.456 e. The molecule has 1 aromatic heterocycles. The molecule has 10 aromatic carbocycles. The predicted octanol–water partition coefficient (Wildman–Crippen LogP) is 14.4. The van der Waals surface area contributed by atoms with Gasteiger partial charge in [-0.15, -0.1) is 0 Å². The van der Waals surface area contributed by atoms with Crippen LogP contribution in [0.25, 0.3) is 109 Å². The topological polar surface area (TPSA) is 13.1 Å². The Balaban J connectivity index is 1.13. The van der Waals surface area contributed by atoms with Crippen LogP contribution < -0.4 is 0 Å². The summed E-state index contributed by atoms with van der Waals surface area (Å²) in [4.78, 5) is 0. The van der Waals surface area contributed by atoms with Crippen LogP contribution in [0.2, 0.25) is 0 Å². The van der Waals surface area contributed by atoms with Crippen LogP contribution in [-0.4, -0.2) is 0 Å². The van der Waals surface area contributed by atoms with Gasteiger partial charge in [0.2, 0.25) is 0 Å². The average Bonchev–Trinajstić information content (AvgIpc) is 3.59. The maximum atomic E-state index is 6.59. The molecule has 0 bridgehead atoms. The molecule has 1 heteroatoms. The molecule has 0 aliphatic heterocycles. The lowest BCUT2D eigenvalue weighted by Gasteiger charge is -2.19. The molecule has 0 aliphatic carbocycles. The van der Waals surface area contributed by atoms with Crippen molar-refractivity contribution < 1.29 is 4.42 Å². The Morgan fingerprint density at radius 3 is 1.45 bits per heavy atom. The lowest BCUT2D eigenvalue weighted by Crippen LogP contribution is -1.91. The monoisotopic (exact) mass is 646 g/mol. The van der Waals surface area contributed by atoms with Crippen molar-refractivity contribution >= 4 is 75.8 Å². The second-order valence-electron chi connectivity index (χ2n) is 13.5. The van der Waals surface area contributed by atoms with Crippen LogP contribution in [-0.2, 0) is 0 Å². The summed E-state index contributed by atoms with van der Waals surface area (Å²) in [6.07, 6.45) is 0. The van der Waals surface area contributed by atoms with Gasteiger partial charge in [0.1, 0.15) is 11.2 Å². The van der Waals surface area contributed by atoms with E-state index in [1.54, 1.807) is 0 Å². The van der Waals surface area contributed by atoms with E-state index in [9.17, 15) is 0 Å². The summed E-state index contributed by atoms with van der Waals surface area (Å²) < 4.78 is 6.59. The second-order valence-corrected chi connectivity index (χ2v) is 13.5. The maximum absolute atomic E-state index is 6.59. The molecule has 0 unspecified atom stereocenters. The lowest BCUT2D eigenvalue weighted by atomic mass is 9.84. The quantitative estimate of drug-likeness (QED) is 0.174. The van der Waals surface area contributed by atoms with Crippen molar-refractivity contribution in [1.29, 1.82) is 0 Å². The first kappa shape index (κ1) is 28.2. The SMILES string of the molecule is c1ccc2c(-c3c4ccccc4c(-c4ccc(-c5cc6oc7ccc8ccccc8c7c6c6ccccc56)cc4)c4ccccc34)cccc2c1. The molecule has 11 aromatic rings. The molecule has 0 saturated carbocycles. The zero-order chi connectivity index (χ0) is 33.5. The molecule has 236 valence electrons. The maximum Gasteiger partial charge on any atom is 0.136 e. The molecule has 0 saturated heterocycles. The van der Waals surface area contributed by atoms with E-state index in [4.69, 9.17) is 4.42 Å². The number of hydrogen-bond acceptors (Lipinski definition) is 1. The first-order valence-corrected chi connectivity index (χ1v) is 17.6. The van der Waals surface area contributed by atoms with Crippen LogP contribution in [0, 0.1) is 0 Å². The van der Waals surface area contributed by atoms with Crippen molar-refractivity contribution in [1.82, 2.24) is 0 Å². The molecule has 0 N–H and O–H groups in total. The van der Waals surface area contributed by atoms with Gasteiger partial charge in [-0.3, -0.25) is 0 Å². The Kier molecular flexibility index (Phi) is 6.02. The van der Waals surface area contributed by atoms with Crippen molar-refractivity contribution in [2.45, 2.75) is 0 Å². The highest BCUT2D eigenvalue weighted by Gasteiger charge is 2.19. The van der Waals surface area contributed by atoms with Crippen LogP contribution >= 0.6 is 0 Å². The van der Waals surface area contributed by atoms with Crippen LogP contribution in [0.1, 0.15) is 0 Å². The van der Waals surface area contributed by atoms with Crippen molar-refractivity contribution in [3.8, 4) is 33.4 Å². The summed E-state index contributed by atoms with van der Waals surface area (Å²) in [7, 11) is 0. The Morgan fingerprint density at radius 2 is 0.765 bits per heavy atom.